The van der Waals surface area contributed by atoms with E-state index >= 15 is 0 Å². The third kappa shape index (κ3) is 3.34. The quantitative estimate of drug-likeness (QED) is 0.694. The van der Waals surface area contributed by atoms with Gasteiger partial charge in [-0.25, -0.2) is 0 Å². The number of carbonyl (C=O) groups is 1. The highest BCUT2D eigenvalue weighted by atomic mass is 127. The normalized spacial score (nSPS) is 9.95. The molecule has 0 saturated heterocycles. The Hall–Kier alpha value is -1.78. The van der Waals surface area contributed by atoms with Crippen LogP contribution in [0.15, 0.2) is 36.4 Å². The van der Waals surface area contributed by atoms with E-state index in [4.69, 9.17) is 21.6 Å². The number of hydrogen-bond donors (Lipinski definition) is 0. The van der Waals surface area contributed by atoms with Gasteiger partial charge in [-0.15, -0.1) is 0 Å². The van der Waals surface area contributed by atoms with Crippen LogP contribution in [0.3, 0.4) is 0 Å². The van der Waals surface area contributed by atoms with E-state index in [2.05, 4.69) is 28.7 Å². The monoisotopic (exact) mass is 426 g/mol. The summed E-state index contributed by atoms with van der Waals surface area (Å²) < 4.78 is 6.08. The zero-order valence-electron chi connectivity index (χ0n) is 11.9. The van der Waals surface area contributed by atoms with Crippen molar-refractivity contribution in [3.05, 3.63) is 56.1 Å². The Labute approximate surface area is 147 Å². The van der Waals surface area contributed by atoms with E-state index in [1.807, 2.05) is 0 Å². The van der Waals surface area contributed by atoms with E-state index < -0.39 is 0 Å². The molecule has 0 heterocycles. The summed E-state index contributed by atoms with van der Waals surface area (Å²) in [5.41, 5.74) is 1.49. The second-order valence-electron chi connectivity index (χ2n) is 4.49. The molecule has 22 heavy (non-hydrogen) atoms. The molecule has 0 aliphatic rings. The molecule has 0 aliphatic heterocycles. The van der Waals surface area contributed by atoms with Crippen molar-refractivity contribution in [1.82, 2.24) is 0 Å². The van der Waals surface area contributed by atoms with Crippen molar-refractivity contribution in [3.8, 4) is 11.8 Å². The van der Waals surface area contributed by atoms with Crippen LogP contribution in [-0.4, -0.2) is 20.1 Å². The highest BCUT2D eigenvalue weighted by Crippen LogP contribution is 2.30. The maximum Gasteiger partial charge on any atom is 0.261 e. The number of halogens is 2. The standard InChI is InChI=1S/C16H12ClIN2O2/c1-20(11-5-3-4-10(6-11)9-19)16(21)12-7-13(17)14(18)8-15(12)22-2/h3-8H,1-2H3. The highest BCUT2D eigenvalue weighted by Gasteiger charge is 2.20. The van der Waals surface area contributed by atoms with Gasteiger partial charge >= 0.3 is 0 Å². The van der Waals surface area contributed by atoms with Crippen LogP contribution in [0.2, 0.25) is 5.02 Å². The Morgan fingerprint density at radius 3 is 2.73 bits per heavy atom. The number of ether oxygens (including phenoxy) is 1. The van der Waals surface area contributed by atoms with E-state index in [-0.39, 0.29) is 5.91 Å². The molecule has 2 aromatic rings. The van der Waals surface area contributed by atoms with Gasteiger partial charge in [0.1, 0.15) is 5.75 Å². The lowest BCUT2D eigenvalue weighted by Crippen LogP contribution is -2.26. The summed E-state index contributed by atoms with van der Waals surface area (Å²) in [6.45, 7) is 0. The first-order valence-electron chi connectivity index (χ1n) is 6.29. The molecule has 0 radical (unpaired) electrons. The molecule has 2 aromatic carbocycles. The number of amides is 1. The molecule has 1 amide bonds. The number of benzene rings is 2. The van der Waals surface area contributed by atoms with Gasteiger partial charge in [0.15, 0.2) is 0 Å². The summed E-state index contributed by atoms with van der Waals surface area (Å²) in [6.07, 6.45) is 0. The van der Waals surface area contributed by atoms with E-state index in [1.54, 1.807) is 43.4 Å². The first-order valence-corrected chi connectivity index (χ1v) is 7.75. The Balaban J connectivity index is 2.43. The fourth-order valence-electron chi connectivity index (χ4n) is 1.95. The lowest BCUT2D eigenvalue weighted by atomic mass is 10.1. The van der Waals surface area contributed by atoms with Crippen LogP contribution >= 0.6 is 34.2 Å². The fraction of sp³-hybridized carbons (Fsp3) is 0.125. The minimum Gasteiger partial charge on any atom is -0.496 e. The molecule has 0 saturated carbocycles. The second-order valence-corrected chi connectivity index (χ2v) is 6.06. The number of carbonyl (C=O) groups excluding carboxylic acids is 1. The molecule has 4 nitrogen and oxygen atoms in total. The zero-order valence-corrected chi connectivity index (χ0v) is 14.8. The number of anilines is 1. The molecule has 0 N–H and O–H groups in total. The second kappa shape index (κ2) is 6.99. The molecule has 6 heteroatoms. The zero-order chi connectivity index (χ0) is 16.3. The highest BCUT2D eigenvalue weighted by molar-refractivity contribution is 14.1. The molecular weight excluding hydrogens is 415 g/mol. The Morgan fingerprint density at radius 1 is 1.36 bits per heavy atom. The van der Waals surface area contributed by atoms with Gasteiger partial charge in [0.05, 0.1) is 29.3 Å². The topological polar surface area (TPSA) is 53.3 Å². The van der Waals surface area contributed by atoms with Crippen LogP contribution in [-0.2, 0) is 0 Å². The Bertz CT molecular complexity index is 771. The van der Waals surface area contributed by atoms with Crippen molar-refractivity contribution in [2.75, 3.05) is 19.1 Å². The van der Waals surface area contributed by atoms with Gasteiger partial charge in [-0.1, -0.05) is 17.7 Å². The van der Waals surface area contributed by atoms with Crippen molar-refractivity contribution in [3.63, 3.8) is 0 Å². The summed E-state index contributed by atoms with van der Waals surface area (Å²) in [7, 11) is 3.15. The largest absolute Gasteiger partial charge is 0.496 e. The molecule has 2 rings (SSSR count). The first kappa shape index (κ1) is 16.6. The van der Waals surface area contributed by atoms with Gasteiger partial charge in [-0.05, 0) is 52.9 Å². The molecule has 0 atom stereocenters. The van der Waals surface area contributed by atoms with Crippen molar-refractivity contribution in [1.29, 1.82) is 5.26 Å². The predicted molar refractivity (Wildman–Crippen MR) is 94.6 cm³/mol. The fourth-order valence-corrected chi connectivity index (χ4v) is 2.55. The van der Waals surface area contributed by atoms with Crippen LogP contribution in [0.5, 0.6) is 5.75 Å². The maximum absolute atomic E-state index is 12.7. The number of hydrogen-bond acceptors (Lipinski definition) is 3. The van der Waals surface area contributed by atoms with E-state index in [9.17, 15) is 4.79 Å². The molecular formula is C16H12ClIN2O2. The average molecular weight is 427 g/mol. The third-order valence-corrected chi connectivity index (χ3v) is 4.66. The van der Waals surface area contributed by atoms with E-state index in [1.165, 1.54) is 12.0 Å². The van der Waals surface area contributed by atoms with Gasteiger partial charge in [0.25, 0.3) is 5.91 Å². The van der Waals surface area contributed by atoms with Crippen LogP contribution in [0.25, 0.3) is 0 Å². The molecule has 112 valence electrons. The molecule has 0 spiro atoms. The van der Waals surface area contributed by atoms with Crippen molar-refractivity contribution in [2.24, 2.45) is 0 Å². The first-order chi connectivity index (χ1) is 10.5. The number of nitrogens with zero attached hydrogens (tertiary/aromatic N) is 2. The van der Waals surface area contributed by atoms with Crippen LogP contribution in [0, 0.1) is 14.9 Å². The van der Waals surface area contributed by atoms with Crippen molar-refractivity contribution < 1.29 is 9.53 Å². The predicted octanol–water partition coefficient (Wildman–Crippen LogP) is 4.10. The maximum atomic E-state index is 12.7. The minimum absolute atomic E-state index is 0.259. The van der Waals surface area contributed by atoms with Crippen LogP contribution in [0.1, 0.15) is 15.9 Å². The third-order valence-electron chi connectivity index (χ3n) is 3.14. The summed E-state index contributed by atoms with van der Waals surface area (Å²) in [6, 6.07) is 12.2. The van der Waals surface area contributed by atoms with Crippen molar-refractivity contribution >= 4 is 45.8 Å². The molecule has 0 unspecified atom stereocenters. The van der Waals surface area contributed by atoms with E-state index in [0.717, 1.165) is 3.57 Å². The molecule has 0 aliphatic carbocycles. The average Bonchev–Trinajstić information content (AvgIpc) is 2.55. The van der Waals surface area contributed by atoms with Crippen molar-refractivity contribution in [2.45, 2.75) is 0 Å². The SMILES string of the molecule is COc1cc(I)c(Cl)cc1C(=O)N(C)c1cccc(C#N)c1. The number of nitriles is 1. The molecule has 0 aromatic heterocycles. The van der Waals surface area contributed by atoms with Crippen LogP contribution < -0.4 is 9.64 Å². The Morgan fingerprint density at radius 2 is 2.09 bits per heavy atom. The van der Waals surface area contributed by atoms with Crippen LogP contribution in [0.4, 0.5) is 5.69 Å². The molecule has 0 fully saturated rings. The summed E-state index contributed by atoms with van der Waals surface area (Å²) in [5, 5.41) is 9.45. The van der Waals surface area contributed by atoms with Gasteiger partial charge < -0.3 is 9.64 Å². The summed E-state index contributed by atoms with van der Waals surface area (Å²) >= 11 is 8.19. The summed E-state index contributed by atoms with van der Waals surface area (Å²) in [4.78, 5) is 14.2. The van der Waals surface area contributed by atoms with Gasteiger partial charge in [-0.3, -0.25) is 4.79 Å². The van der Waals surface area contributed by atoms with E-state index in [0.29, 0.717) is 27.6 Å². The van der Waals surface area contributed by atoms with Gasteiger partial charge in [0, 0.05) is 16.3 Å². The summed E-state index contributed by atoms with van der Waals surface area (Å²) in [5.74, 6) is 0.201. The number of methoxy groups -OCH3 is 1. The number of rotatable bonds is 3. The Kier molecular flexibility index (Phi) is 5.27. The smallest absolute Gasteiger partial charge is 0.261 e. The minimum atomic E-state index is -0.259. The lowest BCUT2D eigenvalue weighted by Gasteiger charge is -2.19. The van der Waals surface area contributed by atoms with Gasteiger partial charge in [0.2, 0.25) is 0 Å². The lowest BCUT2D eigenvalue weighted by molar-refractivity contribution is 0.0990. The van der Waals surface area contributed by atoms with Gasteiger partial charge in [-0.2, -0.15) is 5.26 Å². The molecule has 0 bridgehead atoms.